The molecule has 1 heterocycles. The van der Waals surface area contributed by atoms with Crippen molar-refractivity contribution in [1.82, 2.24) is 4.57 Å². The molecule has 0 spiro atoms. The normalized spacial score (nSPS) is 10.3. The fourth-order valence-corrected chi connectivity index (χ4v) is 1.77. The summed E-state index contributed by atoms with van der Waals surface area (Å²) in [4.78, 5) is 23.2. The predicted octanol–water partition coefficient (Wildman–Crippen LogP) is 1.49. The topological polar surface area (TPSA) is 65.1 Å². The number of nitrogens with zero attached hydrogens (tertiary/aromatic N) is 1. The minimum Gasteiger partial charge on any atom is -0.364 e. The number of hydrogen-bond acceptors (Lipinski definition) is 2. The molecule has 5 heteroatoms. The third-order valence-electron chi connectivity index (χ3n) is 2.73. The summed E-state index contributed by atoms with van der Waals surface area (Å²) >= 11 is 0. The van der Waals surface area contributed by atoms with Crippen LogP contribution in [-0.4, -0.2) is 16.3 Å². The Hall–Kier alpha value is -2.43. The molecule has 92 valence electrons. The van der Waals surface area contributed by atoms with Crippen molar-refractivity contribution >= 4 is 11.7 Å². The summed E-state index contributed by atoms with van der Waals surface area (Å²) < 4.78 is 14.9. The molecule has 0 aliphatic heterocycles. The standard InChI is InChI=1S/C13H11FN2O2/c1-16-10(6-7-11(16)13(15)18)12(17)8-4-2-3-5-9(8)14/h2-7H,1H3,(H2,15,18). The number of ketones is 1. The highest BCUT2D eigenvalue weighted by Gasteiger charge is 2.19. The molecule has 0 fully saturated rings. The Labute approximate surface area is 103 Å². The van der Waals surface area contributed by atoms with Crippen LogP contribution in [-0.2, 0) is 7.05 Å². The van der Waals surface area contributed by atoms with Gasteiger partial charge in [-0.25, -0.2) is 4.39 Å². The minimum atomic E-state index is -0.634. The minimum absolute atomic E-state index is 0.0327. The van der Waals surface area contributed by atoms with E-state index in [-0.39, 0.29) is 17.0 Å². The van der Waals surface area contributed by atoms with Crippen LogP contribution in [0.5, 0.6) is 0 Å². The van der Waals surface area contributed by atoms with Gasteiger partial charge in [-0.15, -0.1) is 0 Å². The fourth-order valence-electron chi connectivity index (χ4n) is 1.77. The molecule has 0 saturated heterocycles. The van der Waals surface area contributed by atoms with Crippen molar-refractivity contribution < 1.29 is 14.0 Å². The van der Waals surface area contributed by atoms with Gasteiger partial charge in [0.2, 0.25) is 5.78 Å². The van der Waals surface area contributed by atoms with E-state index >= 15 is 0 Å². The molecule has 2 N–H and O–H groups in total. The molecule has 0 bridgehead atoms. The van der Waals surface area contributed by atoms with Gasteiger partial charge in [-0.05, 0) is 24.3 Å². The highest BCUT2D eigenvalue weighted by Crippen LogP contribution is 2.15. The van der Waals surface area contributed by atoms with Crippen molar-refractivity contribution in [2.24, 2.45) is 12.8 Å². The first-order chi connectivity index (χ1) is 8.52. The van der Waals surface area contributed by atoms with E-state index in [1.807, 2.05) is 0 Å². The number of nitrogens with two attached hydrogens (primary N) is 1. The molecular weight excluding hydrogens is 235 g/mol. The lowest BCUT2D eigenvalue weighted by atomic mass is 10.1. The Kier molecular flexibility index (Phi) is 2.97. The van der Waals surface area contributed by atoms with Gasteiger partial charge < -0.3 is 10.3 Å². The summed E-state index contributed by atoms with van der Waals surface area (Å²) in [6.45, 7) is 0. The van der Waals surface area contributed by atoms with Gasteiger partial charge in [-0.3, -0.25) is 9.59 Å². The van der Waals surface area contributed by atoms with E-state index in [4.69, 9.17) is 5.73 Å². The molecule has 0 aliphatic rings. The Morgan fingerprint density at radius 3 is 2.28 bits per heavy atom. The van der Waals surface area contributed by atoms with Crippen LogP contribution >= 0.6 is 0 Å². The molecule has 0 radical (unpaired) electrons. The number of amides is 1. The smallest absolute Gasteiger partial charge is 0.265 e. The van der Waals surface area contributed by atoms with E-state index in [1.54, 1.807) is 6.07 Å². The SMILES string of the molecule is Cn1c(C(N)=O)ccc1C(=O)c1ccccc1F. The highest BCUT2D eigenvalue weighted by atomic mass is 19.1. The van der Waals surface area contributed by atoms with E-state index in [0.29, 0.717) is 0 Å². The summed E-state index contributed by atoms with van der Waals surface area (Å²) in [5.41, 5.74) is 5.54. The highest BCUT2D eigenvalue weighted by molar-refractivity contribution is 6.09. The number of carbonyl (C=O) groups is 2. The van der Waals surface area contributed by atoms with Crippen LogP contribution in [0.3, 0.4) is 0 Å². The molecule has 1 aromatic heterocycles. The van der Waals surface area contributed by atoms with Gasteiger partial charge in [-0.2, -0.15) is 0 Å². The van der Waals surface area contributed by atoms with Crippen LogP contribution in [0.15, 0.2) is 36.4 Å². The number of halogens is 1. The molecule has 0 aliphatic carbocycles. The Bertz CT molecular complexity index is 632. The quantitative estimate of drug-likeness (QED) is 0.834. The second kappa shape index (κ2) is 4.44. The van der Waals surface area contributed by atoms with Crippen molar-refractivity contribution in [3.63, 3.8) is 0 Å². The lowest BCUT2D eigenvalue weighted by molar-refractivity contribution is 0.0992. The second-order valence-electron chi connectivity index (χ2n) is 3.84. The van der Waals surface area contributed by atoms with Crippen LogP contribution in [0, 0.1) is 5.82 Å². The Morgan fingerprint density at radius 2 is 1.72 bits per heavy atom. The first-order valence-electron chi connectivity index (χ1n) is 5.27. The number of benzene rings is 1. The zero-order chi connectivity index (χ0) is 13.3. The number of carbonyl (C=O) groups excluding carboxylic acids is 2. The van der Waals surface area contributed by atoms with E-state index < -0.39 is 17.5 Å². The van der Waals surface area contributed by atoms with Gasteiger partial charge in [0.25, 0.3) is 5.91 Å². The molecule has 0 unspecified atom stereocenters. The Morgan fingerprint density at radius 1 is 1.11 bits per heavy atom. The van der Waals surface area contributed by atoms with Crippen molar-refractivity contribution in [2.75, 3.05) is 0 Å². The summed E-state index contributed by atoms with van der Waals surface area (Å²) in [5, 5.41) is 0. The first-order valence-corrected chi connectivity index (χ1v) is 5.27. The van der Waals surface area contributed by atoms with Gasteiger partial charge in [0.15, 0.2) is 0 Å². The van der Waals surface area contributed by atoms with Crippen LogP contribution < -0.4 is 5.73 Å². The van der Waals surface area contributed by atoms with Crippen LogP contribution in [0.2, 0.25) is 0 Å². The van der Waals surface area contributed by atoms with Crippen molar-refractivity contribution in [1.29, 1.82) is 0 Å². The molecule has 1 amide bonds. The number of rotatable bonds is 3. The van der Waals surface area contributed by atoms with Crippen molar-refractivity contribution in [2.45, 2.75) is 0 Å². The molecule has 4 nitrogen and oxygen atoms in total. The Balaban J connectivity index is 2.48. The average Bonchev–Trinajstić information content (AvgIpc) is 2.71. The third kappa shape index (κ3) is 1.90. The maximum Gasteiger partial charge on any atom is 0.265 e. The number of primary amides is 1. The summed E-state index contributed by atoms with van der Waals surface area (Å²) in [7, 11) is 1.54. The van der Waals surface area contributed by atoms with E-state index in [0.717, 1.165) is 0 Å². The lowest BCUT2D eigenvalue weighted by Crippen LogP contribution is -2.18. The van der Waals surface area contributed by atoms with E-state index in [1.165, 1.54) is 41.9 Å². The summed E-state index contributed by atoms with van der Waals surface area (Å²) in [5.74, 6) is -1.71. The van der Waals surface area contributed by atoms with Gasteiger partial charge in [0, 0.05) is 7.05 Å². The van der Waals surface area contributed by atoms with Crippen LogP contribution in [0.4, 0.5) is 4.39 Å². The molecule has 0 saturated carbocycles. The van der Waals surface area contributed by atoms with E-state index in [9.17, 15) is 14.0 Å². The van der Waals surface area contributed by atoms with Crippen molar-refractivity contribution in [3.05, 3.63) is 59.2 Å². The summed E-state index contributed by atoms with van der Waals surface area (Å²) in [6, 6.07) is 8.59. The van der Waals surface area contributed by atoms with Gasteiger partial charge in [0.1, 0.15) is 11.5 Å². The largest absolute Gasteiger partial charge is 0.364 e. The molecular formula is C13H11FN2O2. The predicted molar refractivity (Wildman–Crippen MR) is 63.8 cm³/mol. The van der Waals surface area contributed by atoms with Gasteiger partial charge >= 0.3 is 0 Å². The molecule has 2 rings (SSSR count). The van der Waals surface area contributed by atoms with Crippen molar-refractivity contribution in [3.8, 4) is 0 Å². The monoisotopic (exact) mass is 246 g/mol. The second-order valence-corrected chi connectivity index (χ2v) is 3.84. The molecule has 1 aromatic carbocycles. The average molecular weight is 246 g/mol. The zero-order valence-corrected chi connectivity index (χ0v) is 9.68. The first kappa shape index (κ1) is 12.0. The third-order valence-corrected chi connectivity index (χ3v) is 2.73. The molecule has 0 atom stereocenters. The van der Waals surface area contributed by atoms with E-state index in [2.05, 4.69) is 0 Å². The maximum atomic E-state index is 13.5. The van der Waals surface area contributed by atoms with Crippen LogP contribution in [0.1, 0.15) is 26.5 Å². The van der Waals surface area contributed by atoms with Gasteiger partial charge in [-0.1, -0.05) is 12.1 Å². The van der Waals surface area contributed by atoms with Gasteiger partial charge in [0.05, 0.1) is 11.3 Å². The number of hydrogen-bond donors (Lipinski definition) is 1. The summed E-state index contributed by atoms with van der Waals surface area (Å²) in [6.07, 6.45) is 0. The molecule has 2 aromatic rings. The lowest BCUT2D eigenvalue weighted by Gasteiger charge is -2.05. The van der Waals surface area contributed by atoms with Crippen LogP contribution in [0.25, 0.3) is 0 Å². The zero-order valence-electron chi connectivity index (χ0n) is 9.68. The number of aromatic nitrogens is 1. The maximum absolute atomic E-state index is 13.5. The molecule has 18 heavy (non-hydrogen) atoms. The fraction of sp³-hybridized carbons (Fsp3) is 0.0769.